The van der Waals surface area contributed by atoms with Gasteiger partial charge in [0.1, 0.15) is 11.5 Å². The van der Waals surface area contributed by atoms with Gasteiger partial charge in [-0.3, -0.25) is 14.4 Å². The van der Waals surface area contributed by atoms with Gasteiger partial charge < -0.3 is 14.2 Å². The van der Waals surface area contributed by atoms with Gasteiger partial charge in [0.15, 0.2) is 11.6 Å². The number of ether oxygens (including phenoxy) is 3. The fraction of sp³-hybridized carbons (Fsp3) is 0.182. The number of methoxy groups -OCH3 is 2. The lowest BCUT2D eigenvalue weighted by atomic mass is 9.83. The molecule has 0 aliphatic heterocycles. The number of esters is 2. The van der Waals surface area contributed by atoms with E-state index >= 15 is 0 Å². The molecular formula is C22H18O7. The maximum Gasteiger partial charge on any atom is 0.338 e. The van der Waals surface area contributed by atoms with Crippen molar-refractivity contribution in [3.63, 3.8) is 0 Å². The Balaban J connectivity index is 2.25. The van der Waals surface area contributed by atoms with Crippen molar-refractivity contribution in [1.82, 2.24) is 0 Å². The molecule has 7 nitrogen and oxygen atoms in total. The van der Waals surface area contributed by atoms with Crippen LogP contribution in [0.4, 0.5) is 0 Å². The summed E-state index contributed by atoms with van der Waals surface area (Å²) < 4.78 is 15.3. The molecule has 7 heteroatoms. The third kappa shape index (κ3) is 3.54. The highest BCUT2D eigenvalue weighted by Gasteiger charge is 2.33. The molecule has 0 unspecified atom stereocenters. The summed E-state index contributed by atoms with van der Waals surface area (Å²) in [6.07, 6.45) is 1.12. The van der Waals surface area contributed by atoms with E-state index in [-0.39, 0.29) is 39.3 Å². The molecule has 0 heterocycles. The number of carbonyl (C=O) groups excluding carboxylic acids is 4. The minimum absolute atomic E-state index is 0.000255. The van der Waals surface area contributed by atoms with Crippen molar-refractivity contribution in [3.8, 4) is 11.5 Å². The Bertz CT molecular complexity index is 1090. The normalized spacial score (nSPS) is 12.8. The highest BCUT2D eigenvalue weighted by atomic mass is 16.5. The molecule has 3 rings (SSSR count). The van der Waals surface area contributed by atoms with Crippen molar-refractivity contribution in [1.29, 1.82) is 0 Å². The molecule has 1 aliphatic carbocycles. The molecule has 2 aromatic rings. The van der Waals surface area contributed by atoms with Crippen molar-refractivity contribution in [2.75, 3.05) is 14.2 Å². The Kier molecular flexibility index (Phi) is 5.32. The molecule has 0 spiro atoms. The zero-order valence-corrected chi connectivity index (χ0v) is 16.3. The second-order valence-electron chi connectivity index (χ2n) is 6.41. The van der Waals surface area contributed by atoms with E-state index in [9.17, 15) is 19.2 Å². The van der Waals surface area contributed by atoms with Gasteiger partial charge in [-0.2, -0.15) is 0 Å². The first-order valence-corrected chi connectivity index (χ1v) is 8.68. The number of fused-ring (bicyclic) bond motifs is 1. The van der Waals surface area contributed by atoms with Crippen LogP contribution in [0.2, 0.25) is 0 Å². The Morgan fingerprint density at radius 2 is 1.69 bits per heavy atom. The number of carbonyl (C=O) groups is 4. The van der Waals surface area contributed by atoms with E-state index < -0.39 is 23.5 Å². The van der Waals surface area contributed by atoms with E-state index in [1.807, 2.05) is 0 Å². The van der Waals surface area contributed by atoms with E-state index in [2.05, 4.69) is 0 Å². The molecule has 0 N–H and O–H groups in total. The first kappa shape index (κ1) is 20.0. The highest BCUT2D eigenvalue weighted by Crippen LogP contribution is 2.38. The summed E-state index contributed by atoms with van der Waals surface area (Å²) in [5.41, 5.74) is 1.08. The maximum absolute atomic E-state index is 13.2. The number of hydrogen-bond donors (Lipinski definition) is 0. The zero-order chi connectivity index (χ0) is 21.3. The van der Waals surface area contributed by atoms with Gasteiger partial charge in [0, 0.05) is 23.6 Å². The third-order valence-electron chi connectivity index (χ3n) is 4.43. The molecule has 0 fully saturated rings. The molecule has 148 valence electrons. The molecule has 29 heavy (non-hydrogen) atoms. The van der Waals surface area contributed by atoms with Gasteiger partial charge >= 0.3 is 11.9 Å². The van der Waals surface area contributed by atoms with Crippen LogP contribution in [0.15, 0.2) is 36.4 Å². The number of Topliss-reactive ketones (excluding diaryl/α,β-unsaturated/α-hetero) is 1. The van der Waals surface area contributed by atoms with Crippen LogP contribution < -0.4 is 9.47 Å². The van der Waals surface area contributed by atoms with E-state index in [1.165, 1.54) is 39.3 Å². The molecule has 0 atom stereocenters. The minimum Gasteiger partial charge on any atom is -0.496 e. The van der Waals surface area contributed by atoms with Crippen LogP contribution in [0.1, 0.15) is 49.1 Å². The third-order valence-corrected chi connectivity index (χ3v) is 4.43. The van der Waals surface area contributed by atoms with Gasteiger partial charge in [0.05, 0.1) is 25.3 Å². The van der Waals surface area contributed by atoms with Crippen LogP contribution in [0.3, 0.4) is 0 Å². The van der Waals surface area contributed by atoms with Gasteiger partial charge in [-0.05, 0) is 36.8 Å². The lowest BCUT2D eigenvalue weighted by Gasteiger charge is -2.21. The van der Waals surface area contributed by atoms with E-state index in [4.69, 9.17) is 14.2 Å². The van der Waals surface area contributed by atoms with Crippen LogP contribution >= 0.6 is 0 Å². The first-order chi connectivity index (χ1) is 13.8. The molecule has 0 bridgehead atoms. The van der Waals surface area contributed by atoms with E-state index in [0.717, 1.165) is 11.6 Å². The average Bonchev–Trinajstić information content (AvgIpc) is 2.69. The Labute approximate surface area is 166 Å². The standard InChI is InChI=1S/C22H18O7/c1-11-8-15(22(26)28-4)19(18(9-11)27-3)14-10-16(24)20-13(21(14)25)6-5-7-17(20)29-12(2)23/h5-10H,1-4H3. The summed E-state index contributed by atoms with van der Waals surface area (Å²) in [5, 5.41) is 0. The summed E-state index contributed by atoms with van der Waals surface area (Å²) in [5.74, 6) is -2.03. The topological polar surface area (TPSA) is 96.0 Å². The zero-order valence-electron chi connectivity index (χ0n) is 16.3. The maximum atomic E-state index is 13.2. The smallest absolute Gasteiger partial charge is 0.338 e. The lowest BCUT2D eigenvalue weighted by molar-refractivity contribution is -0.131. The summed E-state index contributed by atoms with van der Waals surface area (Å²) >= 11 is 0. The number of ketones is 2. The Hall–Kier alpha value is -3.74. The molecular weight excluding hydrogens is 376 g/mol. The van der Waals surface area contributed by atoms with Crippen LogP contribution in [0, 0.1) is 6.92 Å². The van der Waals surface area contributed by atoms with Gasteiger partial charge in [-0.1, -0.05) is 12.1 Å². The molecule has 0 aromatic heterocycles. The molecule has 0 saturated carbocycles. The molecule has 0 saturated heterocycles. The van der Waals surface area contributed by atoms with E-state index in [0.29, 0.717) is 0 Å². The minimum atomic E-state index is -0.664. The predicted molar refractivity (Wildman–Crippen MR) is 103 cm³/mol. The van der Waals surface area contributed by atoms with Gasteiger partial charge in [0.25, 0.3) is 0 Å². The summed E-state index contributed by atoms with van der Waals surface area (Å²) in [6.45, 7) is 2.97. The molecule has 0 amide bonds. The molecule has 2 aromatic carbocycles. The van der Waals surface area contributed by atoms with Crippen molar-refractivity contribution in [2.45, 2.75) is 13.8 Å². The quantitative estimate of drug-likeness (QED) is 0.580. The SMILES string of the molecule is COC(=O)c1cc(C)cc(OC)c1C1=CC(=O)c2c(OC(C)=O)cccc2C1=O. The van der Waals surface area contributed by atoms with Gasteiger partial charge in [0.2, 0.25) is 0 Å². The number of rotatable bonds is 4. The van der Waals surface area contributed by atoms with Crippen LogP contribution in [0.5, 0.6) is 11.5 Å². The fourth-order valence-corrected chi connectivity index (χ4v) is 3.28. The Morgan fingerprint density at radius 3 is 2.31 bits per heavy atom. The fourth-order valence-electron chi connectivity index (χ4n) is 3.28. The van der Waals surface area contributed by atoms with Crippen LogP contribution in [0.25, 0.3) is 5.57 Å². The second-order valence-corrected chi connectivity index (χ2v) is 6.41. The van der Waals surface area contributed by atoms with E-state index in [1.54, 1.807) is 19.1 Å². The van der Waals surface area contributed by atoms with Crippen LogP contribution in [-0.4, -0.2) is 37.7 Å². The summed E-state index contributed by atoms with van der Waals surface area (Å²) in [6, 6.07) is 7.64. The van der Waals surface area contributed by atoms with Gasteiger partial charge in [-0.15, -0.1) is 0 Å². The molecule has 0 radical (unpaired) electrons. The second kappa shape index (κ2) is 7.71. The van der Waals surface area contributed by atoms with Crippen molar-refractivity contribution in [2.24, 2.45) is 0 Å². The average molecular weight is 394 g/mol. The highest BCUT2D eigenvalue weighted by molar-refractivity contribution is 6.40. The van der Waals surface area contributed by atoms with Crippen molar-refractivity contribution in [3.05, 3.63) is 64.2 Å². The number of aryl methyl sites for hydroxylation is 1. The van der Waals surface area contributed by atoms with Crippen molar-refractivity contribution >= 4 is 29.1 Å². The number of benzene rings is 2. The largest absolute Gasteiger partial charge is 0.496 e. The summed E-state index contributed by atoms with van der Waals surface area (Å²) in [7, 11) is 2.63. The number of hydrogen-bond acceptors (Lipinski definition) is 7. The predicted octanol–water partition coefficient (Wildman–Crippen LogP) is 3.18. The molecule has 1 aliphatic rings. The first-order valence-electron chi connectivity index (χ1n) is 8.68. The lowest BCUT2D eigenvalue weighted by Crippen LogP contribution is -2.20. The number of allylic oxidation sites excluding steroid dienone is 2. The van der Waals surface area contributed by atoms with Gasteiger partial charge in [-0.25, -0.2) is 4.79 Å². The Morgan fingerprint density at radius 1 is 0.966 bits per heavy atom. The van der Waals surface area contributed by atoms with Crippen molar-refractivity contribution < 1.29 is 33.4 Å². The monoisotopic (exact) mass is 394 g/mol. The summed E-state index contributed by atoms with van der Waals surface area (Å²) in [4.78, 5) is 49.8. The van der Waals surface area contributed by atoms with Crippen LogP contribution in [-0.2, 0) is 9.53 Å².